The maximum atomic E-state index is 11.1. The van der Waals surface area contributed by atoms with Gasteiger partial charge in [-0.1, -0.05) is 48.5 Å². The highest BCUT2D eigenvalue weighted by molar-refractivity contribution is 5.83. The molecule has 1 aliphatic carbocycles. The first kappa shape index (κ1) is 20.2. The number of H-pyrrole nitrogens is 1. The quantitative estimate of drug-likeness (QED) is 0.410. The molecule has 1 aliphatic heterocycles. The molecule has 4 aromatic rings. The van der Waals surface area contributed by atoms with Crippen molar-refractivity contribution < 1.29 is 4.79 Å². The number of hydrogen-bond donors (Lipinski definition) is 1. The second kappa shape index (κ2) is 8.51. The fourth-order valence-electron chi connectivity index (χ4n) is 6.00. The SMILES string of the molecule is O=CC1CCN(c2ccc(C3c4ccc5[nH]ncc5c4CCC3c3ccccc3)cc2)CC1. The van der Waals surface area contributed by atoms with E-state index in [-0.39, 0.29) is 5.92 Å². The molecule has 1 saturated heterocycles. The Labute approximate surface area is 194 Å². The van der Waals surface area contributed by atoms with E-state index >= 15 is 0 Å². The molecule has 1 aromatic heterocycles. The molecule has 0 spiro atoms. The third kappa shape index (κ3) is 3.64. The standard InChI is InChI=1S/C29H29N3O/c33-19-20-14-16-32(17-15-20)23-8-6-22(7-9-23)29-24(21-4-2-1-3-5-21)10-11-25-26(29)12-13-28-27(25)18-30-31-28/h1-9,12-13,18-20,24,29H,10-11,14-17H2,(H,30,31). The topological polar surface area (TPSA) is 49.0 Å². The number of benzene rings is 3. The van der Waals surface area contributed by atoms with Gasteiger partial charge in [-0.15, -0.1) is 0 Å². The van der Waals surface area contributed by atoms with Crippen LogP contribution in [0.1, 0.15) is 53.4 Å². The normalized spacial score (nSPS) is 21.2. The maximum Gasteiger partial charge on any atom is 0.123 e. The summed E-state index contributed by atoms with van der Waals surface area (Å²) in [6.07, 6.45) is 7.23. The van der Waals surface area contributed by atoms with Crippen molar-refractivity contribution in [1.29, 1.82) is 0 Å². The van der Waals surface area contributed by atoms with Crippen molar-refractivity contribution in [1.82, 2.24) is 10.2 Å². The maximum absolute atomic E-state index is 11.1. The number of aromatic nitrogens is 2. The molecule has 33 heavy (non-hydrogen) atoms. The van der Waals surface area contributed by atoms with Crippen molar-refractivity contribution >= 4 is 22.9 Å². The third-order valence-electron chi connectivity index (χ3n) is 7.79. The van der Waals surface area contributed by atoms with Crippen LogP contribution in [0.5, 0.6) is 0 Å². The van der Waals surface area contributed by atoms with E-state index in [1.54, 1.807) is 0 Å². The summed E-state index contributed by atoms with van der Waals surface area (Å²) in [5.74, 6) is 1.01. The van der Waals surface area contributed by atoms with Crippen LogP contribution in [0.2, 0.25) is 0 Å². The zero-order chi connectivity index (χ0) is 22.2. The van der Waals surface area contributed by atoms with E-state index in [2.05, 4.69) is 81.8 Å². The Hall–Kier alpha value is -3.40. The number of fused-ring (bicyclic) bond motifs is 3. The monoisotopic (exact) mass is 435 g/mol. The molecule has 4 heteroatoms. The molecule has 1 N–H and O–H groups in total. The number of nitrogens with one attached hydrogen (secondary N) is 1. The van der Waals surface area contributed by atoms with E-state index in [0.717, 1.165) is 50.6 Å². The van der Waals surface area contributed by atoms with Crippen molar-refractivity contribution in [3.63, 3.8) is 0 Å². The number of aldehydes is 1. The van der Waals surface area contributed by atoms with Crippen LogP contribution < -0.4 is 4.90 Å². The Kier molecular flexibility index (Phi) is 5.21. The third-order valence-corrected chi connectivity index (χ3v) is 7.79. The average molecular weight is 436 g/mol. The molecule has 1 fully saturated rings. The van der Waals surface area contributed by atoms with E-state index in [4.69, 9.17) is 0 Å². The average Bonchev–Trinajstić information content (AvgIpc) is 3.38. The fourth-order valence-corrected chi connectivity index (χ4v) is 6.00. The summed E-state index contributed by atoms with van der Waals surface area (Å²) in [7, 11) is 0. The molecule has 4 nitrogen and oxygen atoms in total. The molecule has 0 saturated carbocycles. The Balaban J connectivity index is 1.38. The number of aromatic amines is 1. The van der Waals surface area contributed by atoms with Gasteiger partial charge in [-0.05, 0) is 72.1 Å². The number of piperidine rings is 1. The number of carbonyl (C=O) groups excluding carboxylic acids is 1. The minimum absolute atomic E-state index is 0.227. The molecule has 0 radical (unpaired) electrons. The van der Waals surface area contributed by atoms with E-state index in [0.29, 0.717) is 11.8 Å². The second-order valence-electron chi connectivity index (χ2n) is 9.55. The minimum atomic E-state index is 0.227. The van der Waals surface area contributed by atoms with Crippen LogP contribution in [0.3, 0.4) is 0 Å². The van der Waals surface area contributed by atoms with Gasteiger partial charge in [0, 0.05) is 36.0 Å². The Morgan fingerprint density at radius 1 is 0.879 bits per heavy atom. The molecule has 0 amide bonds. The molecule has 2 unspecified atom stereocenters. The first-order chi connectivity index (χ1) is 16.3. The number of rotatable bonds is 4. The molecular weight excluding hydrogens is 406 g/mol. The van der Waals surface area contributed by atoms with Gasteiger partial charge < -0.3 is 9.69 Å². The van der Waals surface area contributed by atoms with Gasteiger partial charge >= 0.3 is 0 Å². The smallest absolute Gasteiger partial charge is 0.123 e. The van der Waals surface area contributed by atoms with Gasteiger partial charge in [0.15, 0.2) is 0 Å². The summed E-state index contributed by atoms with van der Waals surface area (Å²) in [5, 5.41) is 8.71. The number of hydrogen-bond acceptors (Lipinski definition) is 3. The fraction of sp³-hybridized carbons (Fsp3) is 0.310. The lowest BCUT2D eigenvalue weighted by molar-refractivity contribution is -0.111. The van der Waals surface area contributed by atoms with Crippen molar-refractivity contribution in [2.45, 2.75) is 37.5 Å². The summed E-state index contributed by atoms with van der Waals surface area (Å²) < 4.78 is 0. The van der Waals surface area contributed by atoms with Gasteiger partial charge in [-0.25, -0.2) is 0 Å². The molecule has 3 aromatic carbocycles. The highest BCUT2D eigenvalue weighted by Gasteiger charge is 2.33. The van der Waals surface area contributed by atoms with Gasteiger partial charge in [-0.3, -0.25) is 5.10 Å². The molecule has 2 heterocycles. The van der Waals surface area contributed by atoms with Gasteiger partial charge in [0.2, 0.25) is 0 Å². The summed E-state index contributed by atoms with van der Waals surface area (Å²) in [6.45, 7) is 1.92. The zero-order valence-corrected chi connectivity index (χ0v) is 18.8. The van der Waals surface area contributed by atoms with Crippen LogP contribution in [-0.4, -0.2) is 29.6 Å². The lowest BCUT2D eigenvalue weighted by Gasteiger charge is -2.36. The van der Waals surface area contributed by atoms with Crippen LogP contribution in [0.4, 0.5) is 5.69 Å². The predicted octanol–water partition coefficient (Wildman–Crippen LogP) is 5.84. The molecule has 2 aliphatic rings. The lowest BCUT2D eigenvalue weighted by atomic mass is 9.69. The van der Waals surface area contributed by atoms with Crippen molar-refractivity contribution in [2.75, 3.05) is 18.0 Å². The number of carbonyl (C=O) groups is 1. The van der Waals surface area contributed by atoms with Gasteiger partial charge in [0.05, 0.1) is 11.7 Å². The first-order valence-electron chi connectivity index (χ1n) is 12.1. The summed E-state index contributed by atoms with van der Waals surface area (Å²) in [5.41, 5.74) is 8.06. The van der Waals surface area contributed by atoms with Crippen molar-refractivity contribution in [3.8, 4) is 0 Å². The largest absolute Gasteiger partial charge is 0.371 e. The first-order valence-corrected chi connectivity index (χ1v) is 12.1. The Bertz CT molecular complexity index is 1250. The van der Waals surface area contributed by atoms with Gasteiger partial charge in [0.1, 0.15) is 6.29 Å². The molecule has 2 atom stereocenters. The minimum Gasteiger partial charge on any atom is -0.371 e. The van der Waals surface area contributed by atoms with E-state index in [1.165, 1.54) is 33.3 Å². The van der Waals surface area contributed by atoms with Gasteiger partial charge in [-0.2, -0.15) is 5.10 Å². The molecule has 6 rings (SSSR count). The van der Waals surface area contributed by atoms with Crippen molar-refractivity contribution in [3.05, 3.63) is 95.2 Å². The highest BCUT2D eigenvalue weighted by atomic mass is 16.1. The van der Waals surface area contributed by atoms with Crippen LogP contribution in [-0.2, 0) is 11.2 Å². The second-order valence-corrected chi connectivity index (χ2v) is 9.55. The number of nitrogens with zero attached hydrogens (tertiary/aromatic N) is 2. The zero-order valence-electron chi connectivity index (χ0n) is 18.8. The van der Waals surface area contributed by atoms with Crippen LogP contribution in [0, 0.1) is 5.92 Å². The van der Waals surface area contributed by atoms with Crippen LogP contribution in [0.25, 0.3) is 10.9 Å². The van der Waals surface area contributed by atoms with Gasteiger partial charge in [0.25, 0.3) is 0 Å². The van der Waals surface area contributed by atoms with E-state index < -0.39 is 0 Å². The summed E-state index contributed by atoms with van der Waals surface area (Å²) in [4.78, 5) is 13.5. The number of aryl methyl sites for hydroxylation is 1. The summed E-state index contributed by atoms with van der Waals surface area (Å²) in [6, 6.07) is 24.7. The molecule has 0 bridgehead atoms. The summed E-state index contributed by atoms with van der Waals surface area (Å²) >= 11 is 0. The number of anilines is 1. The van der Waals surface area contributed by atoms with Crippen LogP contribution in [0.15, 0.2) is 72.9 Å². The predicted molar refractivity (Wildman–Crippen MR) is 133 cm³/mol. The molecular formula is C29H29N3O. The van der Waals surface area contributed by atoms with E-state index in [1.807, 2.05) is 6.20 Å². The van der Waals surface area contributed by atoms with E-state index in [9.17, 15) is 4.79 Å². The molecule has 166 valence electrons. The lowest BCUT2D eigenvalue weighted by Crippen LogP contribution is -2.34. The van der Waals surface area contributed by atoms with Crippen LogP contribution >= 0.6 is 0 Å². The van der Waals surface area contributed by atoms with Crippen molar-refractivity contribution in [2.24, 2.45) is 5.92 Å². The highest BCUT2D eigenvalue weighted by Crippen LogP contribution is 2.48. The Morgan fingerprint density at radius 3 is 2.42 bits per heavy atom. The Morgan fingerprint density at radius 2 is 1.67 bits per heavy atom.